The van der Waals surface area contributed by atoms with Crippen LogP contribution < -0.4 is 5.32 Å². The molecule has 1 aliphatic heterocycles. The Morgan fingerprint density at radius 3 is 2.30 bits per heavy atom. The number of carbonyl (C=O) groups is 2. The zero-order chi connectivity index (χ0) is 25.5. The molecule has 1 N–H and O–H groups in total. The zero-order valence-corrected chi connectivity index (χ0v) is 20.8. The fraction of sp³-hybridized carbons (Fsp3) is 0.300. The summed E-state index contributed by atoms with van der Waals surface area (Å²) in [5, 5.41) is 2.75. The average Bonchev–Trinajstić information content (AvgIpc) is 3.57. The summed E-state index contributed by atoms with van der Waals surface area (Å²) in [7, 11) is 1.63. The quantitative estimate of drug-likeness (QED) is 0.403. The van der Waals surface area contributed by atoms with Gasteiger partial charge < -0.3 is 14.8 Å². The molecule has 2 fully saturated rings. The van der Waals surface area contributed by atoms with Gasteiger partial charge in [-0.3, -0.25) is 9.59 Å². The summed E-state index contributed by atoms with van der Waals surface area (Å²) < 4.78 is 15.5. The van der Waals surface area contributed by atoms with Crippen LogP contribution in [0.2, 0.25) is 0 Å². The number of nitrogens with one attached hydrogen (secondary N) is 1. The first-order valence-electron chi connectivity index (χ1n) is 12.9. The molecule has 1 atom stereocenters. The third-order valence-electron chi connectivity index (χ3n) is 7.52. The van der Waals surface area contributed by atoms with Crippen molar-refractivity contribution in [3.63, 3.8) is 0 Å². The number of likely N-dealkylation sites (tertiary alicyclic amines) is 1. The van der Waals surface area contributed by atoms with Gasteiger partial charge in [0.2, 0.25) is 5.91 Å². The van der Waals surface area contributed by atoms with Crippen LogP contribution in [0.3, 0.4) is 0 Å². The molecule has 1 saturated carbocycles. The summed E-state index contributed by atoms with van der Waals surface area (Å²) in [6.45, 7) is 2.20. The third kappa shape index (κ3) is 4.50. The minimum atomic E-state index is -0.259. The van der Waals surface area contributed by atoms with E-state index in [1.54, 1.807) is 19.2 Å². The number of amides is 2. The van der Waals surface area contributed by atoms with Crippen LogP contribution in [-0.4, -0.2) is 46.4 Å². The van der Waals surface area contributed by atoms with E-state index in [9.17, 15) is 14.0 Å². The lowest BCUT2D eigenvalue weighted by atomic mass is 10.0. The van der Waals surface area contributed by atoms with Crippen LogP contribution in [0.25, 0.3) is 33.5 Å². The average molecular weight is 497 g/mol. The normalized spacial score (nSPS) is 17.4. The Morgan fingerprint density at radius 2 is 1.62 bits per heavy atom. The highest BCUT2D eigenvalue weighted by Crippen LogP contribution is 2.35. The van der Waals surface area contributed by atoms with Crippen molar-refractivity contribution in [3.05, 3.63) is 78.1 Å². The van der Waals surface area contributed by atoms with Gasteiger partial charge in [-0.15, -0.1) is 0 Å². The lowest BCUT2D eigenvalue weighted by Crippen LogP contribution is -2.30. The molecular weight excluding hydrogens is 467 g/mol. The van der Waals surface area contributed by atoms with Crippen LogP contribution in [0.15, 0.2) is 66.7 Å². The van der Waals surface area contributed by atoms with E-state index in [2.05, 4.69) is 9.88 Å². The second-order valence-corrected chi connectivity index (χ2v) is 10.1. The predicted octanol–water partition coefficient (Wildman–Crippen LogP) is 5.13. The summed E-state index contributed by atoms with van der Waals surface area (Å²) in [5.41, 5.74) is 5.03. The topological polar surface area (TPSA) is 67.2 Å². The minimum Gasteiger partial charge on any atom is -0.355 e. The highest BCUT2D eigenvalue weighted by Gasteiger charge is 2.37. The molecule has 1 aliphatic carbocycles. The summed E-state index contributed by atoms with van der Waals surface area (Å²) >= 11 is 0. The van der Waals surface area contributed by atoms with Crippen molar-refractivity contribution in [1.29, 1.82) is 0 Å². The van der Waals surface area contributed by atoms with Crippen molar-refractivity contribution in [2.45, 2.75) is 25.8 Å². The van der Waals surface area contributed by atoms with Gasteiger partial charge in [0.05, 0.1) is 16.6 Å². The van der Waals surface area contributed by atoms with Gasteiger partial charge in [0, 0.05) is 38.2 Å². The molecule has 1 aromatic heterocycles. The van der Waals surface area contributed by atoms with Gasteiger partial charge in [0.15, 0.2) is 0 Å². The molecule has 6 nitrogen and oxygen atoms in total. The van der Waals surface area contributed by atoms with Crippen molar-refractivity contribution in [3.8, 4) is 22.5 Å². The highest BCUT2D eigenvalue weighted by molar-refractivity contribution is 6.05. The van der Waals surface area contributed by atoms with Crippen molar-refractivity contribution < 1.29 is 14.0 Å². The molecular formula is C30H29FN4O2. The Labute approximate surface area is 215 Å². The standard InChI is InChI=1S/C30H29FN4O2/c1-32-29(36)25-3-2-4-26-27(25)35(18-19-15-16-34(17-19)30(37)23-9-10-23)28(33-26)22-7-5-20(6-8-22)21-11-13-24(31)14-12-21/h2-8,11-14,19,23H,9-10,15-18H2,1H3,(H,32,36)/t19-/m0/s1. The number of carbonyl (C=O) groups excluding carboxylic acids is 2. The smallest absolute Gasteiger partial charge is 0.253 e. The molecule has 3 aromatic carbocycles. The first kappa shape index (κ1) is 23.4. The number of fused-ring (bicyclic) bond motifs is 1. The highest BCUT2D eigenvalue weighted by atomic mass is 19.1. The monoisotopic (exact) mass is 496 g/mol. The van der Waals surface area contributed by atoms with E-state index in [0.29, 0.717) is 18.0 Å². The van der Waals surface area contributed by atoms with Crippen LogP contribution in [0.4, 0.5) is 4.39 Å². The maximum absolute atomic E-state index is 13.4. The number of benzene rings is 3. The first-order valence-corrected chi connectivity index (χ1v) is 12.9. The third-order valence-corrected chi connectivity index (χ3v) is 7.52. The van der Waals surface area contributed by atoms with Gasteiger partial charge >= 0.3 is 0 Å². The minimum absolute atomic E-state index is 0.151. The SMILES string of the molecule is CNC(=O)c1cccc2nc(-c3ccc(-c4ccc(F)cc4)cc3)n(C[C@H]3CCN(C(=O)C4CC4)C3)c12. The van der Waals surface area contributed by atoms with E-state index in [1.165, 1.54) is 12.1 Å². The number of aromatic nitrogens is 2. The summed E-state index contributed by atoms with van der Waals surface area (Å²) in [5.74, 6) is 1.19. The summed E-state index contributed by atoms with van der Waals surface area (Å²) in [6.07, 6.45) is 2.96. The molecule has 0 radical (unpaired) electrons. The molecule has 0 unspecified atom stereocenters. The lowest BCUT2D eigenvalue weighted by molar-refractivity contribution is -0.131. The van der Waals surface area contributed by atoms with E-state index in [1.807, 2.05) is 47.4 Å². The van der Waals surface area contributed by atoms with Gasteiger partial charge in [0.1, 0.15) is 11.6 Å². The number of nitrogens with zero attached hydrogens (tertiary/aromatic N) is 3. The Kier molecular flexibility index (Phi) is 5.99. The number of hydrogen-bond acceptors (Lipinski definition) is 3. The maximum atomic E-state index is 13.4. The Bertz CT molecular complexity index is 1470. The Morgan fingerprint density at radius 1 is 0.946 bits per heavy atom. The van der Waals surface area contributed by atoms with Crippen molar-refractivity contribution in [2.24, 2.45) is 11.8 Å². The number of para-hydroxylation sites is 1. The Hall–Kier alpha value is -4.00. The van der Waals surface area contributed by atoms with E-state index >= 15 is 0 Å². The van der Waals surface area contributed by atoms with Crippen molar-refractivity contribution >= 4 is 22.8 Å². The predicted molar refractivity (Wildman–Crippen MR) is 141 cm³/mol. The number of halogens is 1. The van der Waals surface area contributed by atoms with E-state index in [-0.39, 0.29) is 23.6 Å². The second kappa shape index (κ2) is 9.47. The van der Waals surface area contributed by atoms with Gasteiger partial charge in [0.25, 0.3) is 5.91 Å². The Balaban J connectivity index is 1.38. The molecule has 4 aromatic rings. The zero-order valence-electron chi connectivity index (χ0n) is 20.8. The molecule has 6 rings (SSSR count). The fourth-order valence-corrected chi connectivity index (χ4v) is 5.38. The molecule has 0 spiro atoms. The largest absolute Gasteiger partial charge is 0.355 e. The van der Waals surface area contributed by atoms with E-state index < -0.39 is 0 Å². The summed E-state index contributed by atoms with van der Waals surface area (Å²) in [6, 6.07) is 20.1. The molecule has 2 amide bonds. The van der Waals surface area contributed by atoms with Crippen LogP contribution >= 0.6 is 0 Å². The van der Waals surface area contributed by atoms with Crippen LogP contribution in [0.5, 0.6) is 0 Å². The first-order chi connectivity index (χ1) is 18.0. The molecule has 2 aliphatic rings. The van der Waals surface area contributed by atoms with E-state index in [0.717, 1.165) is 65.9 Å². The van der Waals surface area contributed by atoms with Gasteiger partial charge in [-0.05, 0) is 60.6 Å². The van der Waals surface area contributed by atoms with Crippen LogP contribution in [0, 0.1) is 17.7 Å². The number of hydrogen-bond donors (Lipinski definition) is 1. The molecule has 188 valence electrons. The summed E-state index contributed by atoms with van der Waals surface area (Å²) in [4.78, 5) is 32.4. The maximum Gasteiger partial charge on any atom is 0.253 e. The van der Waals surface area contributed by atoms with Crippen molar-refractivity contribution in [2.75, 3.05) is 20.1 Å². The van der Waals surface area contributed by atoms with Crippen molar-refractivity contribution in [1.82, 2.24) is 19.8 Å². The molecule has 37 heavy (non-hydrogen) atoms. The lowest BCUT2D eigenvalue weighted by Gasteiger charge is -2.18. The van der Waals surface area contributed by atoms with Crippen LogP contribution in [0.1, 0.15) is 29.6 Å². The molecule has 2 heterocycles. The molecule has 0 bridgehead atoms. The second-order valence-electron chi connectivity index (χ2n) is 10.1. The van der Waals surface area contributed by atoms with Gasteiger partial charge in [-0.2, -0.15) is 0 Å². The number of rotatable bonds is 6. The van der Waals surface area contributed by atoms with Gasteiger partial charge in [-0.1, -0.05) is 42.5 Å². The molecule has 7 heteroatoms. The van der Waals surface area contributed by atoms with Gasteiger partial charge in [-0.25, -0.2) is 9.37 Å². The fourth-order valence-electron chi connectivity index (χ4n) is 5.38. The molecule has 1 saturated heterocycles. The van der Waals surface area contributed by atoms with E-state index in [4.69, 9.17) is 4.98 Å². The van der Waals surface area contributed by atoms with Crippen LogP contribution in [-0.2, 0) is 11.3 Å². The number of imidazole rings is 1.